The molecule has 0 atom stereocenters. The summed E-state index contributed by atoms with van der Waals surface area (Å²) in [6, 6.07) is 0. The number of hydrogen-bond acceptors (Lipinski definition) is 1. The summed E-state index contributed by atoms with van der Waals surface area (Å²) in [4.78, 5) is 10.1. The minimum atomic E-state index is -8.49. The fraction of sp³-hybridized carbons (Fsp3) is 0.889. The third-order valence-electron chi connectivity index (χ3n) is 2.91. The number of carbonyl (C=O) groups is 1. The molecule has 0 rings (SSSR count). The maximum absolute atomic E-state index is 13.1. The van der Waals surface area contributed by atoms with Gasteiger partial charge < -0.3 is 0 Å². The zero-order chi connectivity index (χ0) is 22.7. The molecule has 27 heavy (non-hydrogen) atoms. The number of rotatable bonds is 8. The first-order valence-corrected chi connectivity index (χ1v) is 6.31. The number of alkyl halides is 16. The fourth-order valence-corrected chi connectivity index (χ4v) is 1.51. The van der Waals surface area contributed by atoms with Gasteiger partial charge in [0.15, 0.2) is 0 Å². The van der Waals surface area contributed by atoms with Crippen molar-refractivity contribution in [3.05, 3.63) is 0 Å². The molecule has 0 saturated heterocycles. The second-order valence-electron chi connectivity index (χ2n) is 4.64. The smallest absolute Gasteiger partial charge is 0.280 e. The van der Waals surface area contributed by atoms with Gasteiger partial charge in [0, 0.05) is 0 Å². The van der Waals surface area contributed by atoms with Crippen LogP contribution < -0.4 is 0 Å². The highest BCUT2D eigenvalue weighted by Gasteiger charge is 2.94. The van der Waals surface area contributed by atoms with Crippen LogP contribution in [0, 0.1) is 0 Å². The van der Waals surface area contributed by atoms with Gasteiger partial charge in [-0.3, -0.25) is 4.79 Å². The first-order valence-electron chi connectivity index (χ1n) is 5.51. The minimum absolute atomic E-state index is 0.930. The molecule has 1 nitrogen and oxygen atoms in total. The summed E-state index contributed by atoms with van der Waals surface area (Å²) in [6.07, 6.45) is -5.89. The van der Waals surface area contributed by atoms with Crippen LogP contribution >= 0.6 is 15.9 Å². The summed E-state index contributed by atoms with van der Waals surface area (Å²) >= 11 is 0.930. The van der Waals surface area contributed by atoms with Crippen molar-refractivity contribution in [1.29, 1.82) is 0 Å². The van der Waals surface area contributed by atoms with Crippen LogP contribution in [0.15, 0.2) is 0 Å². The summed E-state index contributed by atoms with van der Waals surface area (Å²) in [5.41, 5.74) is 0. The van der Waals surface area contributed by atoms with Gasteiger partial charge in [-0.1, -0.05) is 0 Å². The van der Waals surface area contributed by atoms with Crippen LogP contribution in [-0.2, 0) is 4.79 Å². The topological polar surface area (TPSA) is 17.1 Å². The molecule has 18 heteroatoms. The lowest BCUT2D eigenvalue weighted by molar-refractivity contribution is -0.443. The second-order valence-corrected chi connectivity index (χ2v) is 5.36. The number of carbonyl (C=O) groups excluding carboxylic acids is 1. The van der Waals surface area contributed by atoms with Crippen LogP contribution in [0.25, 0.3) is 0 Å². The highest BCUT2D eigenvalue weighted by atomic mass is 79.9. The summed E-state index contributed by atoms with van der Waals surface area (Å²) in [7, 11) is 0. The zero-order valence-electron chi connectivity index (χ0n) is 11.4. The minimum Gasteiger partial charge on any atom is -0.280 e. The third-order valence-corrected chi connectivity index (χ3v) is 3.41. The molecular formula is C9HBrF16O. The van der Waals surface area contributed by atoms with Gasteiger partial charge in [-0.2, -0.15) is 61.5 Å². The molecule has 0 saturated carbocycles. The molecule has 0 unspecified atom stereocenters. The molecule has 0 aliphatic heterocycles. The van der Waals surface area contributed by atoms with Gasteiger partial charge in [-0.05, 0) is 15.9 Å². The van der Waals surface area contributed by atoms with E-state index in [0.717, 1.165) is 15.9 Å². The Kier molecular flexibility index (Phi) is 6.30. The van der Waals surface area contributed by atoms with Gasteiger partial charge in [0.1, 0.15) is 0 Å². The van der Waals surface area contributed by atoms with E-state index in [4.69, 9.17) is 0 Å². The summed E-state index contributed by atoms with van der Waals surface area (Å²) in [5.74, 6) is -55.7. The van der Waals surface area contributed by atoms with Crippen LogP contribution in [0.4, 0.5) is 70.2 Å². The van der Waals surface area contributed by atoms with E-state index in [9.17, 15) is 75.0 Å². The van der Waals surface area contributed by atoms with Crippen molar-refractivity contribution >= 4 is 20.6 Å². The van der Waals surface area contributed by atoms with E-state index >= 15 is 0 Å². The average Bonchev–Trinajstić information content (AvgIpc) is 2.45. The van der Waals surface area contributed by atoms with Crippen LogP contribution in [0.3, 0.4) is 0 Å². The summed E-state index contributed by atoms with van der Waals surface area (Å²) in [6.45, 7) is 0. The predicted molar refractivity (Wildman–Crippen MR) is 54.6 cm³/mol. The Morgan fingerprint density at radius 2 is 0.815 bits per heavy atom. The SMILES string of the molecule is O=C(Br)C(F)(F)C(F)(F)C(F)(F)C(F)(F)C(F)(F)C(F)(F)C(F)(F)C(F)F. The largest absolute Gasteiger partial charge is 0.386 e. The summed E-state index contributed by atoms with van der Waals surface area (Å²) in [5, 5.41) is 0. The molecule has 0 fully saturated rings. The fourth-order valence-electron chi connectivity index (χ4n) is 1.26. The van der Waals surface area contributed by atoms with Crippen molar-refractivity contribution in [3.63, 3.8) is 0 Å². The van der Waals surface area contributed by atoms with E-state index in [1.807, 2.05) is 0 Å². The molecule has 0 aromatic heterocycles. The molecule has 0 N–H and O–H groups in total. The Balaban J connectivity index is 6.66. The van der Waals surface area contributed by atoms with Crippen molar-refractivity contribution in [2.24, 2.45) is 0 Å². The number of halogens is 17. The van der Waals surface area contributed by atoms with Gasteiger partial charge in [0.25, 0.3) is 4.69 Å². The molecule has 0 aliphatic rings. The quantitative estimate of drug-likeness (QED) is 0.307. The molecule has 0 aliphatic carbocycles. The standard InChI is InChI=1S/C9HBrF16O/c10-1(27)3(13,14)5(17,18)7(21,22)9(25,26)8(23,24)6(19,20)4(15,16)2(11)12/h2H. The van der Waals surface area contributed by atoms with Gasteiger partial charge >= 0.3 is 47.9 Å². The molecule has 0 heterocycles. The lowest BCUT2D eigenvalue weighted by Crippen LogP contribution is -2.74. The Bertz CT molecular complexity index is 580. The van der Waals surface area contributed by atoms with E-state index in [1.54, 1.807) is 0 Å². The van der Waals surface area contributed by atoms with E-state index in [2.05, 4.69) is 0 Å². The van der Waals surface area contributed by atoms with Crippen molar-refractivity contribution in [3.8, 4) is 0 Å². The highest BCUT2D eigenvalue weighted by molar-refractivity contribution is 9.18. The lowest BCUT2D eigenvalue weighted by atomic mass is 9.89. The van der Waals surface area contributed by atoms with Crippen LogP contribution in [0.1, 0.15) is 0 Å². The van der Waals surface area contributed by atoms with Crippen molar-refractivity contribution in [2.45, 2.75) is 47.9 Å². The van der Waals surface area contributed by atoms with Crippen molar-refractivity contribution in [2.75, 3.05) is 0 Å². The highest BCUT2D eigenvalue weighted by Crippen LogP contribution is 2.62. The van der Waals surface area contributed by atoms with Crippen molar-refractivity contribution in [1.82, 2.24) is 0 Å². The van der Waals surface area contributed by atoms with Gasteiger partial charge in [0.05, 0.1) is 0 Å². The Morgan fingerprint density at radius 3 is 1.07 bits per heavy atom. The van der Waals surface area contributed by atoms with Crippen molar-refractivity contribution < 1.29 is 75.0 Å². The molecule has 0 aromatic carbocycles. The maximum atomic E-state index is 13.1. The van der Waals surface area contributed by atoms with Gasteiger partial charge in [-0.15, -0.1) is 0 Å². The Hall–Kier alpha value is -0.970. The maximum Gasteiger partial charge on any atom is 0.386 e. The molecule has 162 valence electrons. The van der Waals surface area contributed by atoms with E-state index < -0.39 is 52.6 Å². The normalized spacial score (nSPS) is 16.1. The van der Waals surface area contributed by atoms with Crippen LogP contribution in [-0.4, -0.2) is 52.6 Å². The lowest BCUT2D eigenvalue weighted by Gasteiger charge is -2.41. The van der Waals surface area contributed by atoms with E-state index in [-0.39, 0.29) is 0 Å². The Morgan fingerprint density at radius 1 is 0.556 bits per heavy atom. The van der Waals surface area contributed by atoms with Gasteiger partial charge in [0.2, 0.25) is 0 Å². The molecule has 0 radical (unpaired) electrons. The third kappa shape index (κ3) is 3.14. The van der Waals surface area contributed by atoms with Gasteiger partial charge in [-0.25, -0.2) is 8.78 Å². The molecule has 0 bridgehead atoms. The average molecular weight is 509 g/mol. The first kappa shape index (κ1) is 26.0. The van der Waals surface area contributed by atoms with E-state index in [0.29, 0.717) is 0 Å². The molecule has 0 aromatic rings. The second kappa shape index (κ2) is 6.53. The monoisotopic (exact) mass is 508 g/mol. The van der Waals surface area contributed by atoms with Crippen LogP contribution in [0.5, 0.6) is 0 Å². The Labute approximate surface area is 144 Å². The summed E-state index contributed by atoms with van der Waals surface area (Å²) < 4.78 is 200. The zero-order valence-corrected chi connectivity index (χ0v) is 13.0. The van der Waals surface area contributed by atoms with E-state index in [1.165, 1.54) is 0 Å². The number of hydrogen-bond donors (Lipinski definition) is 0. The molecule has 0 spiro atoms. The molecule has 0 amide bonds. The molecular weight excluding hydrogens is 508 g/mol. The first-order chi connectivity index (χ1) is 11.4. The predicted octanol–water partition coefficient (Wildman–Crippen LogP) is 5.62. The van der Waals surface area contributed by atoms with Crippen LogP contribution in [0.2, 0.25) is 0 Å².